The zero-order chi connectivity index (χ0) is 12.3. The fraction of sp³-hybridized carbons (Fsp3) is 0.417. The van der Waals surface area contributed by atoms with Crippen LogP contribution < -0.4 is 5.73 Å². The fourth-order valence-electron chi connectivity index (χ4n) is 1.41. The number of pyridine rings is 1. The maximum atomic E-state index is 5.79. The second-order valence-electron chi connectivity index (χ2n) is 4.19. The first-order valence-corrected chi connectivity index (χ1v) is 5.65. The highest BCUT2D eigenvalue weighted by Gasteiger charge is 2.17. The molecule has 0 aliphatic rings. The van der Waals surface area contributed by atoms with Gasteiger partial charge in [0.1, 0.15) is 0 Å². The van der Waals surface area contributed by atoms with Gasteiger partial charge in [-0.3, -0.25) is 4.98 Å². The Morgan fingerprint density at radius 2 is 2.18 bits per heavy atom. The van der Waals surface area contributed by atoms with E-state index < -0.39 is 0 Å². The van der Waals surface area contributed by atoms with E-state index in [9.17, 15) is 0 Å². The molecule has 2 heterocycles. The predicted molar refractivity (Wildman–Crippen MR) is 63.4 cm³/mol. The molecule has 2 atom stereocenters. The Morgan fingerprint density at radius 1 is 1.35 bits per heavy atom. The van der Waals surface area contributed by atoms with E-state index in [2.05, 4.69) is 15.1 Å². The minimum Gasteiger partial charge on any atom is -0.339 e. The van der Waals surface area contributed by atoms with Crippen molar-refractivity contribution >= 4 is 0 Å². The first-order valence-electron chi connectivity index (χ1n) is 5.65. The third kappa shape index (κ3) is 2.88. The summed E-state index contributed by atoms with van der Waals surface area (Å²) in [5.41, 5.74) is 6.71. The molecule has 2 rings (SSSR count). The van der Waals surface area contributed by atoms with Crippen molar-refractivity contribution in [2.75, 3.05) is 0 Å². The van der Waals surface area contributed by atoms with Crippen LogP contribution in [0.1, 0.15) is 37.2 Å². The quantitative estimate of drug-likeness (QED) is 0.864. The zero-order valence-corrected chi connectivity index (χ0v) is 10.00. The number of hydrogen-bond acceptors (Lipinski definition) is 5. The van der Waals surface area contributed by atoms with E-state index >= 15 is 0 Å². The lowest BCUT2D eigenvalue weighted by Crippen LogP contribution is -2.22. The van der Waals surface area contributed by atoms with Crippen molar-refractivity contribution in [1.82, 2.24) is 15.1 Å². The monoisotopic (exact) mass is 232 g/mol. The van der Waals surface area contributed by atoms with Crippen molar-refractivity contribution in [3.8, 4) is 0 Å². The Kier molecular flexibility index (Phi) is 3.49. The van der Waals surface area contributed by atoms with Gasteiger partial charge in [-0.05, 0) is 19.1 Å². The summed E-state index contributed by atoms with van der Waals surface area (Å²) in [5, 5.41) is 3.93. The molecule has 0 amide bonds. The lowest BCUT2D eigenvalue weighted by atomic mass is 10.1. The van der Waals surface area contributed by atoms with Gasteiger partial charge in [-0.15, -0.1) is 0 Å². The molecule has 5 heteroatoms. The summed E-state index contributed by atoms with van der Waals surface area (Å²) < 4.78 is 5.19. The summed E-state index contributed by atoms with van der Waals surface area (Å²) in [6, 6.07) is 5.75. The molecular weight excluding hydrogens is 216 g/mol. The van der Waals surface area contributed by atoms with E-state index in [0.29, 0.717) is 18.1 Å². The van der Waals surface area contributed by atoms with E-state index in [4.69, 9.17) is 10.3 Å². The second kappa shape index (κ2) is 5.05. The second-order valence-corrected chi connectivity index (χ2v) is 4.19. The maximum Gasteiger partial charge on any atom is 0.231 e. The largest absolute Gasteiger partial charge is 0.339 e. The Labute approximate surface area is 100 Å². The average molecular weight is 232 g/mol. The minimum atomic E-state index is -0.00171. The van der Waals surface area contributed by atoms with Gasteiger partial charge in [0.25, 0.3) is 0 Å². The summed E-state index contributed by atoms with van der Waals surface area (Å²) >= 11 is 0. The third-order valence-corrected chi connectivity index (χ3v) is 2.73. The highest BCUT2D eigenvalue weighted by Crippen LogP contribution is 2.16. The van der Waals surface area contributed by atoms with Crippen molar-refractivity contribution < 1.29 is 4.52 Å². The number of aromatic nitrogens is 3. The highest BCUT2D eigenvalue weighted by atomic mass is 16.5. The van der Waals surface area contributed by atoms with Crippen LogP contribution in [-0.4, -0.2) is 21.2 Å². The molecule has 0 fully saturated rings. The van der Waals surface area contributed by atoms with Crippen molar-refractivity contribution in [2.45, 2.75) is 32.2 Å². The number of hydrogen-bond donors (Lipinski definition) is 1. The molecule has 0 spiro atoms. The molecule has 2 unspecified atom stereocenters. The Bertz CT molecular complexity index is 466. The Morgan fingerprint density at radius 3 is 2.82 bits per heavy atom. The SMILES string of the molecule is CC(N)C(C)c1nc(Cc2ccccn2)no1. The molecule has 17 heavy (non-hydrogen) atoms. The van der Waals surface area contributed by atoms with Gasteiger partial charge in [0.05, 0.1) is 12.3 Å². The fourth-order valence-corrected chi connectivity index (χ4v) is 1.41. The van der Waals surface area contributed by atoms with Crippen molar-refractivity contribution in [3.05, 3.63) is 41.8 Å². The molecule has 0 saturated heterocycles. The Hall–Kier alpha value is -1.75. The standard InChI is InChI=1S/C12H16N4O/c1-8(9(2)13)12-15-11(16-17-12)7-10-5-3-4-6-14-10/h3-6,8-9H,7,13H2,1-2H3. The van der Waals surface area contributed by atoms with Gasteiger partial charge in [-0.25, -0.2) is 0 Å². The van der Waals surface area contributed by atoms with E-state index in [1.807, 2.05) is 32.0 Å². The molecular formula is C12H16N4O. The number of rotatable bonds is 4. The van der Waals surface area contributed by atoms with Crippen LogP contribution in [0.4, 0.5) is 0 Å². The summed E-state index contributed by atoms with van der Waals surface area (Å²) in [5.74, 6) is 1.30. The van der Waals surface area contributed by atoms with Gasteiger partial charge >= 0.3 is 0 Å². The topological polar surface area (TPSA) is 77.8 Å². The molecule has 0 aliphatic carbocycles. The van der Waals surface area contributed by atoms with Crippen LogP contribution in [0.3, 0.4) is 0 Å². The van der Waals surface area contributed by atoms with Crippen LogP contribution in [0.25, 0.3) is 0 Å². The van der Waals surface area contributed by atoms with Crippen LogP contribution in [0.2, 0.25) is 0 Å². The van der Waals surface area contributed by atoms with Gasteiger partial charge in [-0.2, -0.15) is 4.98 Å². The van der Waals surface area contributed by atoms with Crippen molar-refractivity contribution in [2.24, 2.45) is 5.73 Å². The molecule has 0 aromatic carbocycles. The molecule has 0 radical (unpaired) electrons. The van der Waals surface area contributed by atoms with Gasteiger partial charge in [0, 0.05) is 17.9 Å². The van der Waals surface area contributed by atoms with Crippen LogP contribution in [-0.2, 0) is 6.42 Å². The third-order valence-electron chi connectivity index (χ3n) is 2.73. The van der Waals surface area contributed by atoms with E-state index in [1.165, 1.54) is 0 Å². The Balaban J connectivity index is 2.09. The summed E-state index contributed by atoms with van der Waals surface area (Å²) in [6.45, 7) is 3.90. The van der Waals surface area contributed by atoms with E-state index in [0.717, 1.165) is 5.69 Å². The maximum absolute atomic E-state index is 5.79. The van der Waals surface area contributed by atoms with Crippen LogP contribution in [0, 0.1) is 0 Å². The summed E-state index contributed by atoms with van der Waals surface area (Å²) in [4.78, 5) is 8.55. The highest BCUT2D eigenvalue weighted by molar-refractivity contribution is 5.09. The molecule has 0 saturated carbocycles. The number of nitrogens with two attached hydrogens (primary N) is 1. The van der Waals surface area contributed by atoms with Gasteiger partial charge in [-0.1, -0.05) is 18.1 Å². The van der Waals surface area contributed by atoms with Gasteiger partial charge in [0.2, 0.25) is 5.89 Å². The molecule has 90 valence electrons. The lowest BCUT2D eigenvalue weighted by molar-refractivity contribution is 0.343. The van der Waals surface area contributed by atoms with Crippen LogP contribution in [0.15, 0.2) is 28.9 Å². The first-order chi connectivity index (χ1) is 8.16. The van der Waals surface area contributed by atoms with E-state index in [1.54, 1.807) is 6.20 Å². The normalized spacial score (nSPS) is 14.5. The predicted octanol–water partition coefficient (Wildman–Crippen LogP) is 1.51. The average Bonchev–Trinajstić information content (AvgIpc) is 2.77. The van der Waals surface area contributed by atoms with Gasteiger partial charge < -0.3 is 10.3 Å². The smallest absolute Gasteiger partial charge is 0.231 e. The minimum absolute atomic E-state index is 0.00171. The van der Waals surface area contributed by atoms with Crippen LogP contribution in [0.5, 0.6) is 0 Å². The molecule has 5 nitrogen and oxygen atoms in total. The van der Waals surface area contributed by atoms with Crippen molar-refractivity contribution in [1.29, 1.82) is 0 Å². The zero-order valence-electron chi connectivity index (χ0n) is 10.00. The van der Waals surface area contributed by atoms with Crippen molar-refractivity contribution in [3.63, 3.8) is 0 Å². The van der Waals surface area contributed by atoms with Crippen LogP contribution >= 0.6 is 0 Å². The molecule has 2 N–H and O–H groups in total. The van der Waals surface area contributed by atoms with Gasteiger partial charge in [0.15, 0.2) is 5.82 Å². The molecule has 0 aliphatic heterocycles. The summed E-state index contributed by atoms with van der Waals surface area (Å²) in [7, 11) is 0. The lowest BCUT2D eigenvalue weighted by Gasteiger charge is -2.09. The first kappa shape index (κ1) is 11.7. The molecule has 2 aromatic heterocycles. The molecule has 0 bridgehead atoms. The summed E-state index contributed by atoms with van der Waals surface area (Å²) in [6.07, 6.45) is 2.33. The molecule has 2 aromatic rings. The van der Waals surface area contributed by atoms with E-state index in [-0.39, 0.29) is 12.0 Å². The number of nitrogens with zero attached hydrogens (tertiary/aromatic N) is 3.